The number of hydrogen-bond acceptors (Lipinski definition) is 7. The quantitative estimate of drug-likeness (QED) is 0.699. The summed E-state index contributed by atoms with van der Waals surface area (Å²) in [4.78, 5) is 22.0. The Morgan fingerprint density at radius 1 is 1.38 bits per heavy atom. The zero-order valence-electron chi connectivity index (χ0n) is 14.3. The lowest BCUT2D eigenvalue weighted by Gasteiger charge is -2.31. The average molecular weight is 358 g/mol. The van der Waals surface area contributed by atoms with Gasteiger partial charge in [0.15, 0.2) is 0 Å². The number of aliphatic hydroxyl groups is 1. The molecule has 138 valence electrons. The van der Waals surface area contributed by atoms with E-state index in [1.54, 1.807) is 18.2 Å². The summed E-state index contributed by atoms with van der Waals surface area (Å²) in [5.74, 6) is -0.185. The van der Waals surface area contributed by atoms with Crippen LogP contribution in [0.15, 0.2) is 42.9 Å². The summed E-state index contributed by atoms with van der Waals surface area (Å²) >= 11 is 0. The van der Waals surface area contributed by atoms with E-state index >= 15 is 0 Å². The van der Waals surface area contributed by atoms with Crippen LogP contribution in [0.5, 0.6) is 5.75 Å². The normalized spacial score (nSPS) is 21.1. The molecule has 1 fully saturated rings. The van der Waals surface area contributed by atoms with E-state index in [1.807, 2.05) is 11.0 Å². The number of carbonyl (C=O) groups is 1. The molecule has 1 aliphatic rings. The van der Waals surface area contributed by atoms with Gasteiger partial charge in [0.05, 0.1) is 26.0 Å². The van der Waals surface area contributed by atoms with Crippen LogP contribution >= 0.6 is 0 Å². The lowest BCUT2D eigenvalue weighted by molar-refractivity contribution is -0.0346. The second-order valence-electron chi connectivity index (χ2n) is 6.43. The molecule has 0 aliphatic carbocycles. The van der Waals surface area contributed by atoms with Crippen LogP contribution in [0.3, 0.4) is 0 Å². The van der Waals surface area contributed by atoms with Crippen molar-refractivity contribution in [2.75, 3.05) is 32.8 Å². The number of amides is 1. The maximum Gasteiger partial charge on any atom is 0.271 e. The molecule has 3 N–H and O–H groups in total. The van der Waals surface area contributed by atoms with Gasteiger partial charge in [-0.15, -0.1) is 0 Å². The topological polar surface area (TPSA) is 108 Å². The SMILES string of the molecule is O=C(NC[C@@]1(O)COCCN(Cc2cccc(O)c2)C1)c1cnccn1. The van der Waals surface area contributed by atoms with E-state index in [0.29, 0.717) is 26.2 Å². The predicted octanol–water partition coefficient (Wildman–Crippen LogP) is 0.175. The van der Waals surface area contributed by atoms with Crippen LogP contribution in [0.2, 0.25) is 0 Å². The largest absolute Gasteiger partial charge is 0.508 e. The standard InChI is InChI=1S/C18H22N4O4/c23-15-3-1-2-14(8-15)10-22-6-7-26-13-18(25,12-22)11-21-17(24)16-9-19-4-5-20-16/h1-5,8-9,23,25H,6-7,10-13H2,(H,21,24)/t18-/m0/s1. The highest BCUT2D eigenvalue weighted by atomic mass is 16.5. The molecule has 2 aromatic rings. The summed E-state index contributed by atoms with van der Waals surface area (Å²) in [6.07, 6.45) is 4.30. The molecular formula is C18H22N4O4. The molecule has 0 unspecified atom stereocenters. The van der Waals surface area contributed by atoms with Crippen molar-refractivity contribution in [1.29, 1.82) is 0 Å². The molecule has 1 saturated heterocycles. The van der Waals surface area contributed by atoms with Crippen LogP contribution in [0.1, 0.15) is 16.1 Å². The first-order valence-electron chi connectivity index (χ1n) is 8.39. The van der Waals surface area contributed by atoms with Gasteiger partial charge in [-0.3, -0.25) is 14.7 Å². The van der Waals surface area contributed by atoms with Crippen LogP contribution in [-0.2, 0) is 11.3 Å². The van der Waals surface area contributed by atoms with Crippen LogP contribution in [0.4, 0.5) is 0 Å². The minimum Gasteiger partial charge on any atom is -0.508 e. The summed E-state index contributed by atoms with van der Waals surface area (Å²) in [5, 5.41) is 23.2. The van der Waals surface area contributed by atoms with Gasteiger partial charge in [0.25, 0.3) is 5.91 Å². The van der Waals surface area contributed by atoms with Crippen molar-refractivity contribution in [3.8, 4) is 5.75 Å². The number of β-amino-alcohol motifs (C(OH)–C–C–N with tert-alkyl or cyclic N) is 1. The molecule has 0 saturated carbocycles. The Morgan fingerprint density at radius 2 is 2.27 bits per heavy atom. The van der Waals surface area contributed by atoms with Gasteiger partial charge in [-0.1, -0.05) is 12.1 Å². The van der Waals surface area contributed by atoms with Crippen LogP contribution < -0.4 is 5.32 Å². The Labute approximate surface area is 151 Å². The molecule has 1 aromatic carbocycles. The zero-order chi connectivity index (χ0) is 18.4. The summed E-state index contributed by atoms with van der Waals surface area (Å²) in [6, 6.07) is 7.01. The summed E-state index contributed by atoms with van der Waals surface area (Å²) in [7, 11) is 0. The zero-order valence-corrected chi connectivity index (χ0v) is 14.3. The van der Waals surface area contributed by atoms with Crippen molar-refractivity contribution in [1.82, 2.24) is 20.2 Å². The van der Waals surface area contributed by atoms with E-state index in [2.05, 4.69) is 15.3 Å². The summed E-state index contributed by atoms with van der Waals surface area (Å²) in [6.45, 7) is 2.21. The summed E-state index contributed by atoms with van der Waals surface area (Å²) in [5.41, 5.74) is -0.0781. The minimum absolute atomic E-state index is 0.0406. The number of benzene rings is 1. The molecule has 1 aliphatic heterocycles. The van der Waals surface area contributed by atoms with E-state index in [9.17, 15) is 15.0 Å². The number of nitrogens with one attached hydrogen (secondary N) is 1. The first kappa shape index (κ1) is 18.2. The van der Waals surface area contributed by atoms with Gasteiger partial charge in [-0.2, -0.15) is 0 Å². The first-order chi connectivity index (χ1) is 12.5. The van der Waals surface area contributed by atoms with Gasteiger partial charge >= 0.3 is 0 Å². The molecular weight excluding hydrogens is 336 g/mol. The molecule has 1 atom stereocenters. The number of phenolic OH excluding ortho intramolecular Hbond substituents is 1. The van der Waals surface area contributed by atoms with E-state index in [1.165, 1.54) is 18.6 Å². The number of ether oxygens (including phenoxy) is 1. The molecule has 0 radical (unpaired) electrons. The smallest absolute Gasteiger partial charge is 0.271 e. The van der Waals surface area contributed by atoms with Crippen LogP contribution in [0.25, 0.3) is 0 Å². The molecule has 2 heterocycles. The highest BCUT2D eigenvalue weighted by Crippen LogP contribution is 2.17. The molecule has 26 heavy (non-hydrogen) atoms. The van der Waals surface area contributed by atoms with Gasteiger partial charge in [-0.05, 0) is 17.7 Å². The third-order valence-corrected chi connectivity index (χ3v) is 4.13. The number of nitrogens with zero attached hydrogens (tertiary/aromatic N) is 3. The Morgan fingerprint density at radius 3 is 3.04 bits per heavy atom. The fourth-order valence-electron chi connectivity index (χ4n) is 2.90. The molecule has 0 bridgehead atoms. The molecule has 1 amide bonds. The van der Waals surface area contributed by atoms with Gasteiger partial charge < -0.3 is 20.3 Å². The Kier molecular flexibility index (Phi) is 5.77. The van der Waals surface area contributed by atoms with Crippen molar-refractivity contribution < 1.29 is 19.7 Å². The first-order valence-corrected chi connectivity index (χ1v) is 8.39. The number of rotatable bonds is 5. The Balaban J connectivity index is 1.61. The van der Waals surface area contributed by atoms with Gasteiger partial charge in [0.2, 0.25) is 0 Å². The highest BCUT2D eigenvalue weighted by Gasteiger charge is 2.33. The van der Waals surface area contributed by atoms with Crippen molar-refractivity contribution in [3.63, 3.8) is 0 Å². The second-order valence-corrected chi connectivity index (χ2v) is 6.43. The van der Waals surface area contributed by atoms with Crippen molar-refractivity contribution in [2.24, 2.45) is 0 Å². The van der Waals surface area contributed by atoms with E-state index in [0.717, 1.165) is 5.56 Å². The molecule has 3 rings (SSSR count). The number of aromatic hydroxyl groups is 1. The highest BCUT2D eigenvalue weighted by molar-refractivity contribution is 5.91. The fourth-order valence-corrected chi connectivity index (χ4v) is 2.90. The average Bonchev–Trinajstić information content (AvgIpc) is 2.82. The van der Waals surface area contributed by atoms with E-state index < -0.39 is 11.5 Å². The predicted molar refractivity (Wildman–Crippen MR) is 93.5 cm³/mol. The van der Waals surface area contributed by atoms with Crippen molar-refractivity contribution in [2.45, 2.75) is 12.1 Å². The number of hydrogen-bond donors (Lipinski definition) is 3. The molecule has 1 aromatic heterocycles. The van der Waals surface area contributed by atoms with E-state index in [-0.39, 0.29) is 24.6 Å². The molecule has 8 nitrogen and oxygen atoms in total. The van der Waals surface area contributed by atoms with Crippen LogP contribution in [0, 0.1) is 0 Å². The Hall–Kier alpha value is -2.55. The second kappa shape index (κ2) is 8.22. The maximum absolute atomic E-state index is 12.1. The monoisotopic (exact) mass is 358 g/mol. The minimum atomic E-state index is -1.22. The van der Waals surface area contributed by atoms with Gasteiger partial charge in [-0.25, -0.2) is 4.98 Å². The molecule has 8 heteroatoms. The van der Waals surface area contributed by atoms with Crippen molar-refractivity contribution >= 4 is 5.91 Å². The van der Waals surface area contributed by atoms with Crippen molar-refractivity contribution in [3.05, 3.63) is 54.1 Å². The van der Waals surface area contributed by atoms with Crippen LogP contribution in [-0.4, -0.2) is 69.4 Å². The Bertz CT molecular complexity index is 743. The maximum atomic E-state index is 12.1. The number of aromatic nitrogens is 2. The third-order valence-electron chi connectivity index (χ3n) is 4.13. The fraction of sp³-hybridized carbons (Fsp3) is 0.389. The van der Waals surface area contributed by atoms with Gasteiger partial charge in [0.1, 0.15) is 17.0 Å². The van der Waals surface area contributed by atoms with E-state index in [4.69, 9.17) is 4.74 Å². The summed E-state index contributed by atoms with van der Waals surface area (Å²) < 4.78 is 5.52. The lowest BCUT2D eigenvalue weighted by Crippen LogP contribution is -2.52. The number of phenols is 1. The van der Waals surface area contributed by atoms with Gasteiger partial charge in [0, 0.05) is 32.0 Å². The lowest BCUT2D eigenvalue weighted by atomic mass is 10.0. The third kappa shape index (κ3) is 4.98. The number of carbonyl (C=O) groups excluding carboxylic acids is 1. The molecule has 0 spiro atoms.